The molecule has 1 aromatic rings. The maximum Gasteiger partial charge on any atom is 0.308 e. The van der Waals surface area contributed by atoms with Gasteiger partial charge in [0.1, 0.15) is 11.6 Å². The number of carboxylic acids is 1. The number of aromatic nitrogens is 2. The highest BCUT2D eigenvalue weighted by Gasteiger charge is 2.36. The van der Waals surface area contributed by atoms with E-state index in [2.05, 4.69) is 10.2 Å². The van der Waals surface area contributed by atoms with Crippen LogP contribution in [0.2, 0.25) is 0 Å². The quantitative estimate of drug-likeness (QED) is 0.823. The van der Waals surface area contributed by atoms with Gasteiger partial charge in [0, 0.05) is 20.1 Å². The van der Waals surface area contributed by atoms with Crippen molar-refractivity contribution in [3.63, 3.8) is 0 Å². The number of hydrogen-bond acceptors (Lipinski definition) is 6. The lowest BCUT2D eigenvalue weighted by Crippen LogP contribution is -2.25. The second-order valence-corrected chi connectivity index (χ2v) is 4.70. The summed E-state index contributed by atoms with van der Waals surface area (Å²) in [7, 11) is 1.54. The van der Waals surface area contributed by atoms with Crippen molar-refractivity contribution >= 4 is 28.3 Å². The smallest absolute Gasteiger partial charge is 0.308 e. The average Bonchev–Trinajstić information content (AvgIpc) is 2.85. The van der Waals surface area contributed by atoms with Crippen LogP contribution in [0.25, 0.3) is 0 Å². The number of nitrogens with zero attached hydrogens (tertiary/aromatic N) is 3. The molecule has 0 unspecified atom stereocenters. The lowest BCUT2D eigenvalue weighted by Gasteiger charge is -2.10. The molecule has 17 heavy (non-hydrogen) atoms. The number of methoxy groups -OCH3 is 1. The van der Waals surface area contributed by atoms with Crippen LogP contribution in [-0.2, 0) is 20.9 Å². The van der Waals surface area contributed by atoms with Gasteiger partial charge >= 0.3 is 5.97 Å². The van der Waals surface area contributed by atoms with Gasteiger partial charge in [-0.05, 0) is 0 Å². The van der Waals surface area contributed by atoms with Gasteiger partial charge in [-0.25, -0.2) is 0 Å². The van der Waals surface area contributed by atoms with E-state index in [9.17, 15) is 9.59 Å². The minimum absolute atomic E-state index is 0.0223. The normalized spacial score (nSPS) is 19.9. The van der Waals surface area contributed by atoms with E-state index in [4.69, 9.17) is 9.84 Å². The van der Waals surface area contributed by atoms with Crippen molar-refractivity contribution in [3.8, 4) is 0 Å². The van der Waals surface area contributed by atoms with E-state index in [-0.39, 0.29) is 18.9 Å². The molecule has 1 aromatic heterocycles. The Morgan fingerprint density at radius 2 is 2.41 bits per heavy atom. The average molecular weight is 257 g/mol. The fourth-order valence-electron chi connectivity index (χ4n) is 1.59. The van der Waals surface area contributed by atoms with Crippen LogP contribution in [0.1, 0.15) is 11.4 Å². The number of anilines is 1. The highest BCUT2D eigenvalue weighted by atomic mass is 32.1. The van der Waals surface area contributed by atoms with Gasteiger partial charge in [0.25, 0.3) is 0 Å². The molecule has 2 rings (SSSR count). The van der Waals surface area contributed by atoms with Crippen molar-refractivity contribution in [1.29, 1.82) is 0 Å². The lowest BCUT2D eigenvalue weighted by molar-refractivity contribution is -0.141. The highest BCUT2D eigenvalue weighted by Crippen LogP contribution is 2.28. The second-order valence-electron chi connectivity index (χ2n) is 3.66. The number of aliphatic carboxylic acids is 1. The molecule has 2 heterocycles. The molecule has 7 nitrogen and oxygen atoms in total. The van der Waals surface area contributed by atoms with Crippen LogP contribution in [0, 0.1) is 5.92 Å². The van der Waals surface area contributed by atoms with Gasteiger partial charge < -0.3 is 9.84 Å². The van der Waals surface area contributed by atoms with Crippen molar-refractivity contribution in [1.82, 2.24) is 10.2 Å². The lowest BCUT2D eigenvalue weighted by atomic mass is 10.1. The number of amides is 1. The number of carbonyl (C=O) groups excluding carboxylic acids is 1. The first kappa shape index (κ1) is 11.9. The van der Waals surface area contributed by atoms with E-state index in [0.717, 1.165) is 0 Å². The summed E-state index contributed by atoms with van der Waals surface area (Å²) in [5, 5.41) is 17.7. The molecule has 0 radical (unpaired) electrons. The molecule has 0 saturated carbocycles. The Kier molecular flexibility index (Phi) is 3.34. The predicted molar refractivity (Wildman–Crippen MR) is 58.7 cm³/mol. The van der Waals surface area contributed by atoms with Gasteiger partial charge in [0.15, 0.2) is 0 Å². The third kappa shape index (κ3) is 2.42. The second kappa shape index (κ2) is 4.76. The van der Waals surface area contributed by atoms with Crippen molar-refractivity contribution in [2.45, 2.75) is 13.0 Å². The monoisotopic (exact) mass is 257 g/mol. The Hall–Kier alpha value is -1.54. The van der Waals surface area contributed by atoms with Crippen molar-refractivity contribution in [2.75, 3.05) is 18.6 Å². The number of ether oxygens (including phenoxy) is 1. The van der Waals surface area contributed by atoms with Gasteiger partial charge in [0.2, 0.25) is 11.0 Å². The molecule has 8 heteroatoms. The van der Waals surface area contributed by atoms with Crippen LogP contribution in [-0.4, -0.2) is 40.8 Å². The molecule has 1 atom stereocenters. The molecule has 0 aliphatic carbocycles. The van der Waals surface area contributed by atoms with Gasteiger partial charge in [-0.15, -0.1) is 10.2 Å². The molecule has 1 saturated heterocycles. The molecule has 0 bridgehead atoms. The summed E-state index contributed by atoms with van der Waals surface area (Å²) in [6.45, 7) is 0.498. The zero-order valence-corrected chi connectivity index (χ0v) is 9.94. The maximum absolute atomic E-state index is 11.6. The van der Waals surface area contributed by atoms with Gasteiger partial charge in [-0.3, -0.25) is 14.5 Å². The standard InChI is InChI=1S/C9H11N3O4S/c1-16-4-6-10-11-9(17-6)12-3-5(8(14)15)2-7(12)13/h5H,2-4H2,1H3,(H,14,15)/t5-/m1/s1. The number of hydrogen-bond donors (Lipinski definition) is 1. The van der Waals surface area contributed by atoms with Gasteiger partial charge in [-0.1, -0.05) is 11.3 Å². The zero-order valence-electron chi connectivity index (χ0n) is 9.12. The molecule has 0 spiro atoms. The van der Waals surface area contributed by atoms with E-state index >= 15 is 0 Å². The summed E-state index contributed by atoms with van der Waals surface area (Å²) in [4.78, 5) is 23.8. The van der Waals surface area contributed by atoms with Crippen LogP contribution in [0.15, 0.2) is 0 Å². The molecule has 1 fully saturated rings. The van der Waals surface area contributed by atoms with E-state index in [1.54, 1.807) is 7.11 Å². The molecule has 1 N–H and O–H groups in total. The first-order valence-electron chi connectivity index (χ1n) is 4.96. The third-order valence-electron chi connectivity index (χ3n) is 2.43. The first-order chi connectivity index (χ1) is 8.11. The topological polar surface area (TPSA) is 92.6 Å². The Labute approximate surface area is 101 Å². The summed E-state index contributed by atoms with van der Waals surface area (Å²) in [5.41, 5.74) is 0. The minimum atomic E-state index is -0.956. The SMILES string of the molecule is COCc1nnc(N2C[C@H](C(=O)O)CC2=O)s1. The molecular formula is C9H11N3O4S. The Morgan fingerprint density at radius 1 is 1.65 bits per heavy atom. The van der Waals surface area contributed by atoms with Crippen LogP contribution in [0.5, 0.6) is 0 Å². The van der Waals surface area contributed by atoms with Gasteiger partial charge in [0.05, 0.1) is 5.92 Å². The minimum Gasteiger partial charge on any atom is -0.481 e. The van der Waals surface area contributed by atoms with E-state index < -0.39 is 11.9 Å². The zero-order chi connectivity index (χ0) is 12.4. The predicted octanol–water partition coefficient (Wildman–Crippen LogP) is 0.122. The van der Waals surface area contributed by atoms with Crippen LogP contribution >= 0.6 is 11.3 Å². The summed E-state index contributed by atoms with van der Waals surface area (Å²) < 4.78 is 4.90. The van der Waals surface area contributed by atoms with Gasteiger partial charge in [-0.2, -0.15) is 0 Å². The fourth-order valence-corrected chi connectivity index (χ4v) is 2.43. The molecule has 1 amide bonds. The summed E-state index contributed by atoms with van der Waals surface area (Å²) in [6.07, 6.45) is 0.0223. The molecule has 1 aliphatic rings. The first-order valence-corrected chi connectivity index (χ1v) is 5.78. The highest BCUT2D eigenvalue weighted by molar-refractivity contribution is 7.15. The third-order valence-corrected chi connectivity index (χ3v) is 3.35. The summed E-state index contributed by atoms with van der Waals surface area (Å²) in [5.74, 6) is -1.84. The van der Waals surface area contributed by atoms with Crippen LogP contribution in [0.4, 0.5) is 5.13 Å². The van der Waals surface area contributed by atoms with Crippen molar-refractivity contribution in [2.24, 2.45) is 5.92 Å². The molecule has 1 aliphatic heterocycles. The van der Waals surface area contributed by atoms with E-state index in [1.807, 2.05) is 0 Å². The largest absolute Gasteiger partial charge is 0.481 e. The Bertz CT molecular complexity index is 447. The van der Waals surface area contributed by atoms with Crippen molar-refractivity contribution in [3.05, 3.63) is 5.01 Å². The maximum atomic E-state index is 11.6. The number of rotatable bonds is 4. The Morgan fingerprint density at radius 3 is 3.00 bits per heavy atom. The molecular weight excluding hydrogens is 246 g/mol. The van der Waals surface area contributed by atoms with Crippen LogP contribution in [0.3, 0.4) is 0 Å². The summed E-state index contributed by atoms with van der Waals surface area (Å²) >= 11 is 1.24. The van der Waals surface area contributed by atoms with E-state index in [1.165, 1.54) is 16.2 Å². The van der Waals surface area contributed by atoms with Crippen LogP contribution < -0.4 is 4.90 Å². The Balaban J connectivity index is 2.11. The summed E-state index contributed by atoms with van der Waals surface area (Å²) in [6, 6.07) is 0. The fraction of sp³-hybridized carbons (Fsp3) is 0.556. The number of carboxylic acid groups (broad SMARTS) is 1. The number of carbonyl (C=O) groups is 2. The molecule has 92 valence electrons. The van der Waals surface area contributed by atoms with E-state index in [0.29, 0.717) is 16.7 Å². The van der Waals surface area contributed by atoms with Crippen molar-refractivity contribution < 1.29 is 19.4 Å². The molecule has 0 aromatic carbocycles.